The van der Waals surface area contributed by atoms with Gasteiger partial charge in [-0.3, -0.25) is 4.79 Å². The topological polar surface area (TPSA) is 51.3 Å². The Hall–Kier alpha value is -1.87. The molecule has 1 rings (SSSR count). The van der Waals surface area contributed by atoms with Gasteiger partial charge in [-0.25, -0.2) is 0 Å². The summed E-state index contributed by atoms with van der Waals surface area (Å²) in [5.41, 5.74) is -3.06. The van der Waals surface area contributed by atoms with E-state index in [1.807, 2.05) is 0 Å². The Morgan fingerprint density at radius 2 is 1.72 bits per heavy atom. The molecule has 0 aliphatic carbocycles. The van der Waals surface area contributed by atoms with E-state index >= 15 is 0 Å². The van der Waals surface area contributed by atoms with Gasteiger partial charge in [0.2, 0.25) is 17.1 Å². The summed E-state index contributed by atoms with van der Waals surface area (Å²) >= 11 is 0. The fourth-order valence-electron chi connectivity index (χ4n) is 1.06. The van der Waals surface area contributed by atoms with E-state index in [1.54, 1.807) is 0 Å². The van der Waals surface area contributed by atoms with E-state index in [4.69, 9.17) is 0 Å². The molecule has 102 valence electrons. The molecular weight excluding hydrogens is 272 g/mol. The lowest BCUT2D eigenvalue weighted by molar-refractivity contribution is -0.277. The van der Waals surface area contributed by atoms with Crippen molar-refractivity contribution in [3.05, 3.63) is 22.0 Å². The number of methoxy groups -OCH3 is 1. The van der Waals surface area contributed by atoms with E-state index in [0.717, 1.165) is 7.11 Å². The van der Waals surface area contributed by atoms with Crippen molar-refractivity contribution < 1.29 is 35.8 Å². The number of ether oxygens (including phenoxy) is 2. The normalized spacial score (nSPS) is 12.4. The summed E-state index contributed by atoms with van der Waals surface area (Å²) in [6.45, 7) is 0. The molecule has 1 heterocycles. The van der Waals surface area contributed by atoms with E-state index in [-0.39, 0.29) is 6.07 Å². The smallest absolute Gasteiger partial charge is 0.488 e. The van der Waals surface area contributed by atoms with Crippen molar-refractivity contribution in [3.63, 3.8) is 0 Å². The minimum Gasteiger partial charge on any atom is -0.488 e. The van der Waals surface area contributed by atoms with E-state index in [1.165, 1.54) is 4.98 Å². The van der Waals surface area contributed by atoms with Crippen LogP contribution in [0.2, 0.25) is 0 Å². The van der Waals surface area contributed by atoms with Crippen molar-refractivity contribution in [2.24, 2.45) is 0 Å². The quantitative estimate of drug-likeness (QED) is 0.844. The zero-order chi connectivity index (χ0) is 14.1. The third-order valence-electron chi connectivity index (χ3n) is 1.68. The molecule has 1 N–H and O–H groups in total. The van der Waals surface area contributed by atoms with E-state index in [9.17, 15) is 31.1 Å². The predicted octanol–water partition coefficient (Wildman–Crippen LogP) is 2.30. The first-order valence-corrected chi connectivity index (χ1v) is 4.19. The van der Waals surface area contributed by atoms with Crippen LogP contribution < -0.4 is 14.9 Å². The molecule has 0 fully saturated rings. The van der Waals surface area contributed by atoms with Crippen molar-refractivity contribution >= 4 is 0 Å². The second kappa shape index (κ2) is 4.42. The molecule has 0 aromatic carbocycles. The number of aromatic amines is 1. The van der Waals surface area contributed by atoms with Gasteiger partial charge >= 0.3 is 12.5 Å². The average Bonchev–Trinajstić information content (AvgIpc) is 2.13. The highest BCUT2D eigenvalue weighted by Gasteiger charge is 2.37. The highest BCUT2D eigenvalue weighted by atomic mass is 19.4. The number of hydrogen-bond donors (Lipinski definition) is 1. The number of hydrogen-bond acceptors (Lipinski definition) is 3. The maximum atomic E-state index is 12.3. The standard InChI is InChI=1S/C8H5F6NO3/c1-17-5-3(16)2-4(7(9,10)11)15-6(5)18-8(12,13)14/h2H,1H3,(H,15,16). The molecule has 0 atom stereocenters. The molecular formula is C8H5F6NO3. The first-order valence-electron chi connectivity index (χ1n) is 4.19. The molecule has 0 unspecified atom stereocenters. The number of aromatic nitrogens is 1. The summed E-state index contributed by atoms with van der Waals surface area (Å²) in [5.74, 6) is -2.45. The maximum Gasteiger partial charge on any atom is 0.574 e. The zero-order valence-electron chi connectivity index (χ0n) is 8.57. The highest BCUT2D eigenvalue weighted by molar-refractivity contribution is 5.35. The van der Waals surface area contributed by atoms with Crippen LogP contribution in [-0.2, 0) is 6.18 Å². The summed E-state index contributed by atoms with van der Waals surface area (Å²) in [6.07, 6.45) is -10.3. The van der Waals surface area contributed by atoms with Gasteiger partial charge in [-0.2, -0.15) is 13.2 Å². The molecule has 0 aliphatic heterocycles. The van der Waals surface area contributed by atoms with Crippen LogP contribution in [0.3, 0.4) is 0 Å². The number of pyridine rings is 1. The van der Waals surface area contributed by atoms with Crippen molar-refractivity contribution in [2.75, 3.05) is 7.11 Å². The van der Waals surface area contributed by atoms with Gasteiger partial charge in [-0.15, -0.1) is 13.2 Å². The lowest BCUT2D eigenvalue weighted by Crippen LogP contribution is -2.23. The third-order valence-corrected chi connectivity index (χ3v) is 1.68. The van der Waals surface area contributed by atoms with Crippen molar-refractivity contribution in [1.29, 1.82) is 0 Å². The Morgan fingerprint density at radius 3 is 2.11 bits per heavy atom. The van der Waals surface area contributed by atoms with E-state index < -0.39 is 35.3 Å². The lowest BCUT2D eigenvalue weighted by Gasteiger charge is -2.14. The van der Waals surface area contributed by atoms with Crippen LogP contribution in [0.15, 0.2) is 10.9 Å². The summed E-state index contributed by atoms with van der Waals surface area (Å²) in [7, 11) is 0.821. The fourth-order valence-corrected chi connectivity index (χ4v) is 1.06. The van der Waals surface area contributed by atoms with Gasteiger partial charge in [-0.05, 0) is 0 Å². The third kappa shape index (κ3) is 3.31. The van der Waals surface area contributed by atoms with Crippen LogP contribution in [0, 0.1) is 0 Å². The van der Waals surface area contributed by atoms with Crippen LogP contribution in [0.4, 0.5) is 26.3 Å². The first kappa shape index (κ1) is 14.2. The maximum absolute atomic E-state index is 12.3. The summed E-state index contributed by atoms with van der Waals surface area (Å²) in [5, 5.41) is 0. The molecule has 0 saturated carbocycles. The Morgan fingerprint density at radius 1 is 1.17 bits per heavy atom. The van der Waals surface area contributed by atoms with Crippen LogP contribution in [-0.4, -0.2) is 18.5 Å². The molecule has 0 spiro atoms. The predicted molar refractivity (Wildman–Crippen MR) is 45.3 cm³/mol. The Kier molecular flexibility index (Phi) is 3.49. The second-order valence-corrected chi connectivity index (χ2v) is 2.96. The minimum absolute atomic E-state index is 0.0715. The number of halogens is 6. The Bertz CT molecular complexity index is 489. The first-order chi connectivity index (χ1) is 8.04. The Labute approximate surface area is 95.1 Å². The number of rotatable bonds is 2. The van der Waals surface area contributed by atoms with Gasteiger partial charge in [-0.1, -0.05) is 0 Å². The molecule has 1 aromatic heterocycles. The summed E-state index contributed by atoms with van der Waals surface area (Å²) < 4.78 is 80.1. The minimum atomic E-state index is -5.26. The van der Waals surface area contributed by atoms with Crippen molar-refractivity contribution in [2.45, 2.75) is 12.5 Å². The highest BCUT2D eigenvalue weighted by Crippen LogP contribution is 2.32. The van der Waals surface area contributed by atoms with Gasteiger partial charge < -0.3 is 14.5 Å². The lowest BCUT2D eigenvalue weighted by atomic mass is 10.3. The second-order valence-electron chi connectivity index (χ2n) is 2.96. The fraction of sp³-hybridized carbons (Fsp3) is 0.375. The molecule has 10 heteroatoms. The van der Waals surface area contributed by atoms with Crippen LogP contribution in [0.25, 0.3) is 0 Å². The average molecular weight is 277 g/mol. The molecule has 1 aromatic rings. The number of alkyl halides is 6. The monoisotopic (exact) mass is 277 g/mol. The molecule has 0 radical (unpaired) electrons. The molecule has 4 nitrogen and oxygen atoms in total. The zero-order valence-corrected chi connectivity index (χ0v) is 8.57. The van der Waals surface area contributed by atoms with Gasteiger partial charge in [0.25, 0.3) is 0 Å². The van der Waals surface area contributed by atoms with Crippen LogP contribution in [0.1, 0.15) is 5.69 Å². The van der Waals surface area contributed by atoms with Crippen molar-refractivity contribution in [3.8, 4) is 11.6 Å². The van der Waals surface area contributed by atoms with E-state index in [0.29, 0.717) is 0 Å². The summed E-state index contributed by atoms with van der Waals surface area (Å²) in [6, 6.07) is 0.0715. The van der Waals surface area contributed by atoms with Crippen LogP contribution >= 0.6 is 0 Å². The van der Waals surface area contributed by atoms with Gasteiger partial charge in [0, 0.05) is 6.07 Å². The SMILES string of the molecule is COc1c(OC(F)(F)F)[nH]c(C(F)(F)F)cc1=O. The number of nitrogens with one attached hydrogen (secondary N) is 1. The molecule has 0 aliphatic rings. The number of H-pyrrole nitrogens is 1. The summed E-state index contributed by atoms with van der Waals surface area (Å²) in [4.78, 5) is 12.4. The molecule has 0 bridgehead atoms. The molecule has 0 amide bonds. The van der Waals surface area contributed by atoms with Gasteiger partial charge in [0.05, 0.1) is 7.11 Å². The van der Waals surface area contributed by atoms with Crippen molar-refractivity contribution in [1.82, 2.24) is 4.98 Å². The molecule has 18 heavy (non-hydrogen) atoms. The van der Waals surface area contributed by atoms with E-state index in [2.05, 4.69) is 9.47 Å². The van der Waals surface area contributed by atoms with Crippen LogP contribution in [0.5, 0.6) is 11.6 Å². The molecule has 0 saturated heterocycles. The van der Waals surface area contributed by atoms with Gasteiger partial charge in [0.15, 0.2) is 0 Å². The largest absolute Gasteiger partial charge is 0.574 e. The Balaban J connectivity index is 3.38. The van der Waals surface area contributed by atoms with Gasteiger partial charge in [0.1, 0.15) is 5.69 Å².